The van der Waals surface area contributed by atoms with Gasteiger partial charge >= 0.3 is 11.9 Å². The van der Waals surface area contributed by atoms with Crippen molar-refractivity contribution in [2.45, 2.75) is 309 Å². The molecule has 1 unspecified atom stereocenters. The van der Waals surface area contributed by atoms with Crippen molar-refractivity contribution in [1.82, 2.24) is 0 Å². The Morgan fingerprint density at radius 1 is 0.344 bits per heavy atom. The summed E-state index contributed by atoms with van der Waals surface area (Å²) >= 11 is 0. The fraction of sp³-hybridized carbons (Fsp3) is 0.864. The predicted octanol–water partition coefficient (Wildman–Crippen LogP) is 19.4. The summed E-state index contributed by atoms with van der Waals surface area (Å²) in [5, 5.41) is 0. The van der Waals surface area contributed by atoms with Crippen molar-refractivity contribution < 1.29 is 23.8 Å². The van der Waals surface area contributed by atoms with Gasteiger partial charge in [0.05, 0.1) is 6.61 Å². The first-order valence-corrected chi connectivity index (χ1v) is 28.5. The summed E-state index contributed by atoms with van der Waals surface area (Å²) < 4.78 is 17.5. The van der Waals surface area contributed by atoms with E-state index in [1.165, 1.54) is 212 Å². The Bertz CT molecular complexity index is 1020. The molecule has 0 heterocycles. The minimum atomic E-state index is -0.539. The molecular weight excluding hydrogens is 789 g/mol. The van der Waals surface area contributed by atoms with Crippen LogP contribution in [0.2, 0.25) is 0 Å². The summed E-state index contributed by atoms with van der Waals surface area (Å²) in [6.45, 7) is 7.83. The lowest BCUT2D eigenvalue weighted by Crippen LogP contribution is -2.30. The van der Waals surface area contributed by atoms with E-state index in [2.05, 4.69) is 57.2 Å². The van der Waals surface area contributed by atoms with Crippen LogP contribution >= 0.6 is 0 Å². The zero-order valence-electron chi connectivity index (χ0n) is 43.3. The Balaban J connectivity index is 4.25. The van der Waals surface area contributed by atoms with Gasteiger partial charge in [0, 0.05) is 19.4 Å². The average Bonchev–Trinajstić information content (AvgIpc) is 3.30. The first-order valence-electron chi connectivity index (χ1n) is 28.5. The van der Waals surface area contributed by atoms with Crippen LogP contribution in [0.4, 0.5) is 0 Å². The molecule has 5 nitrogen and oxygen atoms in total. The SMILES string of the molecule is CCCCC/C=C\C/C=C\CCCCCCCC(=O)OCC(COCCCCCCCCCC/C=C\CCCCCCCC)OC(=O)CCCCCCCCCCCCCCCCC. The van der Waals surface area contributed by atoms with Crippen molar-refractivity contribution in [2.24, 2.45) is 0 Å². The van der Waals surface area contributed by atoms with Gasteiger partial charge in [0.25, 0.3) is 0 Å². The highest BCUT2D eigenvalue weighted by atomic mass is 16.6. The molecule has 0 N–H and O–H groups in total. The Labute approximate surface area is 400 Å². The number of hydrogen-bond donors (Lipinski definition) is 0. The van der Waals surface area contributed by atoms with Gasteiger partial charge in [-0.3, -0.25) is 9.59 Å². The number of hydrogen-bond acceptors (Lipinski definition) is 5. The van der Waals surface area contributed by atoms with Crippen LogP contribution in [0.15, 0.2) is 36.5 Å². The quantitative estimate of drug-likeness (QED) is 0.0346. The minimum Gasteiger partial charge on any atom is -0.462 e. The Kier molecular flexibility index (Phi) is 53.8. The van der Waals surface area contributed by atoms with E-state index in [1.54, 1.807) is 0 Å². The first kappa shape index (κ1) is 62.1. The molecule has 376 valence electrons. The Morgan fingerprint density at radius 2 is 0.656 bits per heavy atom. The van der Waals surface area contributed by atoms with Crippen molar-refractivity contribution in [1.29, 1.82) is 0 Å². The fourth-order valence-electron chi connectivity index (χ4n) is 8.36. The summed E-state index contributed by atoms with van der Waals surface area (Å²) in [7, 11) is 0. The molecule has 0 bridgehead atoms. The summed E-state index contributed by atoms with van der Waals surface area (Å²) in [4.78, 5) is 25.5. The highest BCUT2D eigenvalue weighted by Crippen LogP contribution is 2.16. The van der Waals surface area contributed by atoms with Crippen molar-refractivity contribution >= 4 is 11.9 Å². The van der Waals surface area contributed by atoms with Gasteiger partial charge in [-0.2, -0.15) is 0 Å². The second kappa shape index (κ2) is 55.4. The van der Waals surface area contributed by atoms with Crippen LogP contribution in [0.1, 0.15) is 303 Å². The van der Waals surface area contributed by atoms with Crippen LogP contribution in [0.5, 0.6) is 0 Å². The predicted molar refractivity (Wildman–Crippen MR) is 279 cm³/mol. The zero-order valence-corrected chi connectivity index (χ0v) is 43.3. The van der Waals surface area contributed by atoms with Gasteiger partial charge in [-0.1, -0.05) is 250 Å². The molecule has 0 saturated carbocycles. The van der Waals surface area contributed by atoms with Crippen LogP contribution in [-0.2, 0) is 23.8 Å². The molecule has 0 rings (SSSR count). The van der Waals surface area contributed by atoms with Gasteiger partial charge in [-0.25, -0.2) is 0 Å². The Hall–Kier alpha value is -1.88. The number of allylic oxidation sites excluding steroid dienone is 6. The number of carbonyl (C=O) groups is 2. The largest absolute Gasteiger partial charge is 0.462 e. The van der Waals surface area contributed by atoms with Crippen LogP contribution < -0.4 is 0 Å². The number of carbonyl (C=O) groups excluding carboxylic acids is 2. The smallest absolute Gasteiger partial charge is 0.306 e. The second-order valence-electron chi connectivity index (χ2n) is 19.2. The van der Waals surface area contributed by atoms with Crippen LogP contribution in [0.25, 0.3) is 0 Å². The van der Waals surface area contributed by atoms with E-state index in [0.29, 0.717) is 19.4 Å². The molecule has 0 aromatic rings. The lowest BCUT2D eigenvalue weighted by atomic mass is 10.0. The number of ether oxygens (including phenoxy) is 3. The highest BCUT2D eigenvalue weighted by Gasteiger charge is 2.17. The van der Waals surface area contributed by atoms with Crippen LogP contribution in [0.3, 0.4) is 0 Å². The number of unbranched alkanes of at least 4 members (excludes halogenated alkanes) is 36. The molecule has 5 heteroatoms. The molecule has 1 atom stereocenters. The monoisotopic (exact) mass is 899 g/mol. The third-order valence-corrected chi connectivity index (χ3v) is 12.6. The molecule has 0 aliphatic carbocycles. The van der Waals surface area contributed by atoms with E-state index in [4.69, 9.17) is 14.2 Å². The van der Waals surface area contributed by atoms with Gasteiger partial charge in [0.1, 0.15) is 6.61 Å². The second-order valence-corrected chi connectivity index (χ2v) is 19.2. The molecular formula is C59H110O5. The molecule has 64 heavy (non-hydrogen) atoms. The maximum absolute atomic E-state index is 12.8. The van der Waals surface area contributed by atoms with E-state index in [0.717, 1.165) is 57.8 Å². The van der Waals surface area contributed by atoms with Gasteiger partial charge in [-0.15, -0.1) is 0 Å². The zero-order chi connectivity index (χ0) is 46.3. The minimum absolute atomic E-state index is 0.0820. The molecule has 0 fully saturated rings. The molecule has 0 aromatic heterocycles. The van der Waals surface area contributed by atoms with Gasteiger partial charge in [0.15, 0.2) is 6.10 Å². The normalized spacial score (nSPS) is 12.4. The highest BCUT2D eigenvalue weighted by molar-refractivity contribution is 5.70. The van der Waals surface area contributed by atoms with Crippen molar-refractivity contribution in [2.75, 3.05) is 19.8 Å². The third kappa shape index (κ3) is 52.7. The molecule has 0 saturated heterocycles. The average molecular weight is 900 g/mol. The fourth-order valence-corrected chi connectivity index (χ4v) is 8.36. The molecule has 0 amide bonds. The molecule has 0 aliphatic heterocycles. The van der Waals surface area contributed by atoms with Crippen LogP contribution in [0, 0.1) is 0 Å². The third-order valence-electron chi connectivity index (χ3n) is 12.6. The van der Waals surface area contributed by atoms with E-state index < -0.39 is 6.10 Å². The summed E-state index contributed by atoms with van der Waals surface area (Å²) in [5.74, 6) is -0.397. The lowest BCUT2D eigenvalue weighted by molar-refractivity contribution is -0.163. The van der Waals surface area contributed by atoms with Crippen molar-refractivity contribution in [3.05, 3.63) is 36.5 Å². The Morgan fingerprint density at radius 3 is 1.08 bits per heavy atom. The summed E-state index contributed by atoms with van der Waals surface area (Å²) in [6.07, 6.45) is 67.3. The van der Waals surface area contributed by atoms with E-state index >= 15 is 0 Å². The topological polar surface area (TPSA) is 61.8 Å². The van der Waals surface area contributed by atoms with E-state index in [-0.39, 0.29) is 25.2 Å². The van der Waals surface area contributed by atoms with Gasteiger partial charge in [0.2, 0.25) is 0 Å². The van der Waals surface area contributed by atoms with Gasteiger partial charge in [-0.05, 0) is 77.0 Å². The number of rotatable bonds is 53. The van der Waals surface area contributed by atoms with Crippen molar-refractivity contribution in [3.8, 4) is 0 Å². The maximum atomic E-state index is 12.8. The molecule has 0 spiro atoms. The first-order chi connectivity index (χ1) is 31.6. The maximum Gasteiger partial charge on any atom is 0.306 e. The summed E-state index contributed by atoms with van der Waals surface area (Å²) in [6, 6.07) is 0. The van der Waals surface area contributed by atoms with E-state index in [1.807, 2.05) is 0 Å². The van der Waals surface area contributed by atoms with Crippen LogP contribution in [-0.4, -0.2) is 37.9 Å². The molecule has 0 radical (unpaired) electrons. The molecule has 0 aliphatic rings. The standard InChI is InChI=1S/C59H110O5/c1-4-7-10-13-16-19-22-25-28-29-30-33-36-39-42-45-48-51-54-62-55-57(64-59(61)53-50-47-44-41-38-35-32-27-24-21-18-15-12-9-6-3)56-63-58(60)52-49-46-43-40-37-34-31-26-23-20-17-14-11-8-5-2/h17,20,25-26,28,31,57H,4-16,18-19,21-24,27,29-30,32-56H2,1-3H3/b20-17-,28-25-,31-26-. The molecule has 0 aromatic carbocycles. The van der Waals surface area contributed by atoms with Crippen molar-refractivity contribution in [3.63, 3.8) is 0 Å². The lowest BCUT2D eigenvalue weighted by Gasteiger charge is -2.18. The summed E-state index contributed by atoms with van der Waals surface area (Å²) in [5.41, 5.74) is 0. The number of esters is 2. The van der Waals surface area contributed by atoms with Gasteiger partial charge < -0.3 is 14.2 Å². The van der Waals surface area contributed by atoms with E-state index in [9.17, 15) is 9.59 Å².